The summed E-state index contributed by atoms with van der Waals surface area (Å²) in [5.41, 5.74) is 1.93. The first-order valence-electron chi connectivity index (χ1n) is 7.47. The number of para-hydroxylation sites is 1. The Bertz CT molecular complexity index is 824. The summed E-state index contributed by atoms with van der Waals surface area (Å²) in [7, 11) is 0. The SMILES string of the molecule is O=C(Nc1ccccc1)Nc1nnc(CSCc2ccc(Cl)cc2)s1. The Morgan fingerprint density at radius 3 is 2.52 bits per heavy atom. The molecule has 0 spiro atoms. The molecule has 0 bridgehead atoms. The topological polar surface area (TPSA) is 66.9 Å². The molecular formula is C17H15ClN4OS2. The van der Waals surface area contributed by atoms with E-state index in [1.54, 1.807) is 11.8 Å². The van der Waals surface area contributed by atoms with E-state index < -0.39 is 0 Å². The number of benzene rings is 2. The lowest BCUT2D eigenvalue weighted by atomic mass is 10.2. The van der Waals surface area contributed by atoms with Gasteiger partial charge in [0.05, 0.1) is 0 Å². The van der Waals surface area contributed by atoms with Gasteiger partial charge in [-0.05, 0) is 29.8 Å². The first-order valence-corrected chi connectivity index (χ1v) is 9.81. The normalized spacial score (nSPS) is 10.4. The molecule has 0 aliphatic heterocycles. The molecule has 1 aromatic heterocycles. The van der Waals surface area contributed by atoms with Gasteiger partial charge in [0.25, 0.3) is 0 Å². The van der Waals surface area contributed by atoms with Crippen LogP contribution in [0.1, 0.15) is 10.6 Å². The van der Waals surface area contributed by atoms with Gasteiger partial charge in [-0.25, -0.2) is 4.79 Å². The number of urea groups is 1. The van der Waals surface area contributed by atoms with Gasteiger partial charge in [0.1, 0.15) is 5.01 Å². The molecule has 0 atom stereocenters. The summed E-state index contributed by atoms with van der Waals surface area (Å²) in [6.45, 7) is 0. The minimum Gasteiger partial charge on any atom is -0.308 e. The van der Waals surface area contributed by atoms with Gasteiger partial charge in [-0.3, -0.25) is 5.32 Å². The number of nitrogens with zero attached hydrogens (tertiary/aromatic N) is 2. The molecule has 0 radical (unpaired) electrons. The Kier molecular flexibility index (Phi) is 6.27. The third kappa shape index (κ3) is 5.74. The predicted molar refractivity (Wildman–Crippen MR) is 105 cm³/mol. The van der Waals surface area contributed by atoms with E-state index in [4.69, 9.17) is 11.6 Å². The highest BCUT2D eigenvalue weighted by Crippen LogP contribution is 2.23. The highest BCUT2D eigenvalue weighted by atomic mass is 35.5. The van der Waals surface area contributed by atoms with Crippen LogP contribution in [0.4, 0.5) is 15.6 Å². The number of hydrogen-bond acceptors (Lipinski definition) is 5. The zero-order valence-corrected chi connectivity index (χ0v) is 15.5. The van der Waals surface area contributed by atoms with Crippen molar-refractivity contribution in [3.8, 4) is 0 Å². The van der Waals surface area contributed by atoms with Crippen molar-refractivity contribution in [1.82, 2.24) is 10.2 Å². The smallest absolute Gasteiger partial charge is 0.308 e. The van der Waals surface area contributed by atoms with Crippen LogP contribution in [0.3, 0.4) is 0 Å². The number of anilines is 2. The van der Waals surface area contributed by atoms with E-state index in [0.717, 1.165) is 27.2 Å². The third-order valence-corrected chi connectivity index (χ3v) is 5.41. The van der Waals surface area contributed by atoms with E-state index in [-0.39, 0.29) is 6.03 Å². The van der Waals surface area contributed by atoms with E-state index in [1.165, 1.54) is 16.9 Å². The molecule has 0 saturated carbocycles. The van der Waals surface area contributed by atoms with Crippen molar-refractivity contribution < 1.29 is 4.79 Å². The Labute approximate surface area is 158 Å². The van der Waals surface area contributed by atoms with Crippen LogP contribution < -0.4 is 10.6 Å². The van der Waals surface area contributed by atoms with E-state index in [9.17, 15) is 4.79 Å². The minimum atomic E-state index is -0.331. The summed E-state index contributed by atoms with van der Waals surface area (Å²) in [4.78, 5) is 11.9. The van der Waals surface area contributed by atoms with Crippen molar-refractivity contribution >= 4 is 51.5 Å². The molecule has 0 fully saturated rings. The Morgan fingerprint density at radius 1 is 1.00 bits per heavy atom. The summed E-state index contributed by atoms with van der Waals surface area (Å²) in [5, 5.41) is 15.6. The molecule has 3 aromatic rings. The van der Waals surface area contributed by atoms with Crippen LogP contribution in [0, 0.1) is 0 Å². The largest absolute Gasteiger partial charge is 0.325 e. The number of aromatic nitrogens is 2. The lowest BCUT2D eigenvalue weighted by Gasteiger charge is -2.04. The fourth-order valence-electron chi connectivity index (χ4n) is 1.98. The molecule has 3 rings (SSSR count). The molecule has 5 nitrogen and oxygen atoms in total. The molecule has 128 valence electrons. The molecule has 2 aromatic carbocycles. The van der Waals surface area contributed by atoms with Crippen molar-refractivity contribution in [2.24, 2.45) is 0 Å². The van der Waals surface area contributed by atoms with Crippen LogP contribution in [0.15, 0.2) is 54.6 Å². The number of halogens is 1. The van der Waals surface area contributed by atoms with Gasteiger partial charge in [-0.15, -0.1) is 22.0 Å². The second-order valence-corrected chi connectivity index (χ2v) is 7.55. The lowest BCUT2D eigenvalue weighted by Crippen LogP contribution is -2.19. The van der Waals surface area contributed by atoms with Crippen LogP contribution in [0.5, 0.6) is 0 Å². The highest BCUT2D eigenvalue weighted by Gasteiger charge is 2.08. The zero-order valence-electron chi connectivity index (χ0n) is 13.1. The number of thioether (sulfide) groups is 1. The van der Waals surface area contributed by atoms with Crippen LogP contribution in [-0.4, -0.2) is 16.2 Å². The molecule has 8 heteroatoms. The van der Waals surface area contributed by atoms with Crippen LogP contribution in [0.2, 0.25) is 5.02 Å². The number of carbonyl (C=O) groups is 1. The van der Waals surface area contributed by atoms with Crippen molar-refractivity contribution in [3.05, 3.63) is 70.2 Å². The summed E-state index contributed by atoms with van der Waals surface area (Å²) >= 11 is 8.98. The Morgan fingerprint density at radius 2 is 1.76 bits per heavy atom. The maximum atomic E-state index is 11.9. The van der Waals surface area contributed by atoms with Crippen molar-refractivity contribution in [2.45, 2.75) is 11.5 Å². The van der Waals surface area contributed by atoms with Crippen LogP contribution in [0.25, 0.3) is 0 Å². The molecular weight excluding hydrogens is 376 g/mol. The van der Waals surface area contributed by atoms with Gasteiger partial charge >= 0.3 is 6.03 Å². The van der Waals surface area contributed by atoms with E-state index in [1.807, 2.05) is 54.6 Å². The predicted octanol–water partition coefficient (Wildman–Crippen LogP) is 5.27. The van der Waals surface area contributed by atoms with Gasteiger partial charge in [0.15, 0.2) is 0 Å². The summed E-state index contributed by atoms with van der Waals surface area (Å²) < 4.78 is 0. The zero-order chi connectivity index (χ0) is 17.5. The van der Waals surface area contributed by atoms with Gasteiger partial charge in [-0.2, -0.15) is 0 Å². The maximum absolute atomic E-state index is 11.9. The van der Waals surface area contributed by atoms with Crippen LogP contribution in [-0.2, 0) is 11.5 Å². The van der Waals surface area contributed by atoms with Crippen molar-refractivity contribution in [1.29, 1.82) is 0 Å². The number of hydrogen-bond donors (Lipinski definition) is 2. The fourth-order valence-corrected chi connectivity index (χ4v) is 3.88. The highest BCUT2D eigenvalue weighted by molar-refractivity contribution is 7.97. The van der Waals surface area contributed by atoms with Gasteiger partial charge in [0.2, 0.25) is 5.13 Å². The monoisotopic (exact) mass is 390 g/mol. The molecule has 0 aliphatic carbocycles. The summed E-state index contributed by atoms with van der Waals surface area (Å²) in [6.07, 6.45) is 0. The van der Waals surface area contributed by atoms with Crippen LogP contribution >= 0.6 is 34.7 Å². The Hall–Kier alpha value is -2.09. The average Bonchev–Trinajstić information content (AvgIpc) is 3.04. The second-order valence-electron chi connectivity index (χ2n) is 5.07. The molecule has 2 amide bonds. The first kappa shape index (κ1) is 17.7. The third-order valence-electron chi connectivity index (χ3n) is 3.13. The number of nitrogens with one attached hydrogen (secondary N) is 2. The average molecular weight is 391 g/mol. The maximum Gasteiger partial charge on any atom is 0.325 e. The molecule has 0 aliphatic rings. The molecule has 0 unspecified atom stereocenters. The molecule has 2 N–H and O–H groups in total. The van der Waals surface area contributed by atoms with E-state index in [0.29, 0.717) is 5.13 Å². The molecule has 25 heavy (non-hydrogen) atoms. The van der Waals surface area contributed by atoms with E-state index in [2.05, 4.69) is 20.8 Å². The van der Waals surface area contributed by atoms with Gasteiger partial charge in [-0.1, -0.05) is 53.3 Å². The summed E-state index contributed by atoms with van der Waals surface area (Å²) in [6, 6.07) is 16.7. The van der Waals surface area contributed by atoms with Gasteiger partial charge < -0.3 is 5.32 Å². The number of rotatable bonds is 6. The van der Waals surface area contributed by atoms with Crippen molar-refractivity contribution in [3.63, 3.8) is 0 Å². The molecule has 1 heterocycles. The number of amides is 2. The second kappa shape index (κ2) is 8.84. The van der Waals surface area contributed by atoms with Crippen molar-refractivity contribution in [2.75, 3.05) is 10.6 Å². The molecule has 0 saturated heterocycles. The minimum absolute atomic E-state index is 0.331. The quantitative estimate of drug-likeness (QED) is 0.601. The Balaban J connectivity index is 1.45. The standard InChI is InChI=1S/C17H15ClN4OS2/c18-13-8-6-12(7-9-13)10-24-11-15-21-22-17(25-15)20-16(23)19-14-4-2-1-3-5-14/h1-9H,10-11H2,(H2,19,20,22,23). The van der Waals surface area contributed by atoms with E-state index >= 15 is 0 Å². The summed E-state index contributed by atoms with van der Waals surface area (Å²) in [5.74, 6) is 1.61. The first-order chi connectivity index (χ1) is 12.2. The fraction of sp³-hybridized carbons (Fsp3) is 0.118. The number of carbonyl (C=O) groups excluding carboxylic acids is 1. The lowest BCUT2D eigenvalue weighted by molar-refractivity contribution is 0.262. The van der Waals surface area contributed by atoms with Gasteiger partial charge in [0, 0.05) is 22.2 Å².